The number of rotatable bonds is 6. The maximum atomic E-state index is 13.3. The van der Waals surface area contributed by atoms with E-state index in [0.717, 1.165) is 42.2 Å². The molecule has 3 N–H and O–H groups in total. The number of halogens is 2. The Bertz CT molecular complexity index is 1100. The van der Waals surface area contributed by atoms with Gasteiger partial charge in [0, 0.05) is 38.1 Å². The van der Waals surface area contributed by atoms with Crippen LogP contribution < -0.4 is 20.9 Å². The monoisotopic (exact) mass is 441 g/mol. The van der Waals surface area contributed by atoms with Crippen molar-refractivity contribution in [3.8, 4) is 0 Å². The van der Waals surface area contributed by atoms with Crippen molar-refractivity contribution in [1.29, 1.82) is 0 Å². The number of carbonyl (C=O) groups excluding carboxylic acids is 1. The molecule has 2 aliphatic rings. The minimum atomic E-state index is -0.901. The highest BCUT2D eigenvalue weighted by molar-refractivity contribution is 6.05. The highest BCUT2D eigenvalue weighted by atomic mass is 19.2. The van der Waals surface area contributed by atoms with Gasteiger partial charge in [0.1, 0.15) is 11.7 Å². The third-order valence-corrected chi connectivity index (χ3v) is 5.72. The third-order valence-electron chi connectivity index (χ3n) is 5.72. The summed E-state index contributed by atoms with van der Waals surface area (Å²) >= 11 is 0. The molecule has 0 spiro atoms. The zero-order valence-corrected chi connectivity index (χ0v) is 18.0. The number of anilines is 3. The summed E-state index contributed by atoms with van der Waals surface area (Å²) in [6.07, 6.45) is 4.63. The van der Waals surface area contributed by atoms with Gasteiger partial charge in [0.25, 0.3) is 0 Å². The molecule has 1 unspecified atom stereocenters. The summed E-state index contributed by atoms with van der Waals surface area (Å²) in [7, 11) is 1.86. The number of hydrogen-bond donors (Lipinski definition) is 2. The van der Waals surface area contributed by atoms with Crippen LogP contribution in [0.4, 0.5) is 26.2 Å². The molecule has 2 aromatic rings. The standard InChI is InChI=1S/C22H25F2N7O/c1-13-21(32)31-7-3-4-18-19(31)20(30(13)2)29-22(28-18)27-12-15(9-25)11-26-10-14-5-6-16(23)17(24)8-14/h5-6,8-9,11,13H,3-4,7,10,12,25H2,1-2H3,(H,27,28,29). The molecular formula is C22H25F2N7O. The molecule has 4 rings (SSSR count). The van der Waals surface area contributed by atoms with Gasteiger partial charge in [0.2, 0.25) is 11.9 Å². The lowest BCUT2D eigenvalue weighted by Crippen LogP contribution is -2.53. The number of carbonyl (C=O) groups is 1. The van der Waals surface area contributed by atoms with Gasteiger partial charge >= 0.3 is 0 Å². The molecular weight excluding hydrogens is 416 g/mol. The van der Waals surface area contributed by atoms with Gasteiger partial charge in [-0.1, -0.05) is 6.07 Å². The largest absolute Gasteiger partial charge is 0.404 e. The normalized spacial score (nSPS) is 18.3. The lowest BCUT2D eigenvalue weighted by atomic mass is 10.0. The van der Waals surface area contributed by atoms with Crippen LogP contribution in [0.25, 0.3) is 0 Å². The quantitative estimate of drug-likeness (QED) is 0.668. The first-order valence-electron chi connectivity index (χ1n) is 10.4. The Morgan fingerprint density at radius 3 is 2.91 bits per heavy atom. The molecule has 0 aliphatic carbocycles. The maximum Gasteiger partial charge on any atom is 0.249 e. The predicted octanol–water partition coefficient (Wildman–Crippen LogP) is 2.40. The number of benzene rings is 1. The van der Waals surface area contributed by atoms with Crippen molar-refractivity contribution >= 4 is 29.6 Å². The predicted molar refractivity (Wildman–Crippen MR) is 120 cm³/mol. The Labute approximate surface area is 184 Å². The van der Waals surface area contributed by atoms with Gasteiger partial charge in [-0.05, 0) is 37.5 Å². The highest BCUT2D eigenvalue weighted by Gasteiger charge is 2.38. The Hall–Kier alpha value is -3.56. The second-order valence-corrected chi connectivity index (χ2v) is 7.86. The van der Waals surface area contributed by atoms with Gasteiger partial charge in [-0.25, -0.2) is 13.8 Å². The van der Waals surface area contributed by atoms with E-state index in [2.05, 4.69) is 20.3 Å². The Morgan fingerprint density at radius 1 is 1.34 bits per heavy atom. The molecule has 3 heterocycles. The third kappa shape index (κ3) is 4.12. The van der Waals surface area contributed by atoms with E-state index in [1.165, 1.54) is 12.3 Å². The van der Waals surface area contributed by atoms with Crippen LogP contribution in [-0.4, -0.2) is 48.3 Å². The van der Waals surface area contributed by atoms with Crippen LogP contribution in [0.1, 0.15) is 24.6 Å². The second kappa shape index (κ2) is 8.89. The summed E-state index contributed by atoms with van der Waals surface area (Å²) in [4.78, 5) is 29.8. The van der Waals surface area contributed by atoms with Crippen LogP contribution in [0.3, 0.4) is 0 Å². The summed E-state index contributed by atoms with van der Waals surface area (Å²) in [5.41, 5.74) is 8.60. The van der Waals surface area contributed by atoms with Crippen LogP contribution in [0.15, 0.2) is 35.0 Å². The molecule has 0 saturated heterocycles. The fourth-order valence-corrected chi connectivity index (χ4v) is 3.81. The number of nitrogens with zero attached hydrogens (tertiary/aromatic N) is 5. The number of hydrogen-bond acceptors (Lipinski definition) is 7. The molecule has 1 aromatic heterocycles. The molecule has 0 saturated carbocycles. The van der Waals surface area contributed by atoms with Crippen molar-refractivity contribution in [2.45, 2.75) is 32.4 Å². The van der Waals surface area contributed by atoms with E-state index in [0.29, 0.717) is 30.2 Å². The number of amides is 1. The van der Waals surface area contributed by atoms with Crippen LogP contribution in [0.5, 0.6) is 0 Å². The number of aryl methyl sites for hydroxylation is 1. The zero-order chi connectivity index (χ0) is 22.8. The van der Waals surface area contributed by atoms with E-state index in [4.69, 9.17) is 5.73 Å². The first-order chi connectivity index (χ1) is 15.4. The highest BCUT2D eigenvalue weighted by Crippen LogP contribution is 2.39. The second-order valence-electron chi connectivity index (χ2n) is 7.86. The first-order valence-corrected chi connectivity index (χ1v) is 10.4. The van der Waals surface area contributed by atoms with E-state index in [-0.39, 0.29) is 18.5 Å². The van der Waals surface area contributed by atoms with Crippen LogP contribution >= 0.6 is 0 Å². The van der Waals surface area contributed by atoms with Gasteiger partial charge in [0.05, 0.1) is 12.2 Å². The van der Waals surface area contributed by atoms with Crippen molar-refractivity contribution in [1.82, 2.24) is 9.97 Å². The molecule has 0 fully saturated rings. The summed E-state index contributed by atoms with van der Waals surface area (Å²) in [5.74, 6) is -0.545. The minimum absolute atomic E-state index is 0.0656. The number of aliphatic imine (C=N–C) groups is 1. The number of nitrogens with two attached hydrogens (primary N) is 1. The summed E-state index contributed by atoms with van der Waals surface area (Å²) < 4.78 is 26.3. The van der Waals surface area contributed by atoms with Crippen LogP contribution in [0.2, 0.25) is 0 Å². The van der Waals surface area contributed by atoms with Gasteiger partial charge in [0.15, 0.2) is 17.5 Å². The molecule has 0 radical (unpaired) electrons. The van der Waals surface area contributed by atoms with Crippen molar-refractivity contribution in [2.24, 2.45) is 10.7 Å². The molecule has 1 amide bonds. The molecule has 2 aliphatic heterocycles. The van der Waals surface area contributed by atoms with E-state index < -0.39 is 11.6 Å². The average molecular weight is 441 g/mol. The van der Waals surface area contributed by atoms with Crippen molar-refractivity contribution in [3.63, 3.8) is 0 Å². The number of aromatic nitrogens is 2. The zero-order valence-electron chi connectivity index (χ0n) is 18.0. The van der Waals surface area contributed by atoms with Gasteiger partial charge in [-0.3, -0.25) is 9.79 Å². The van der Waals surface area contributed by atoms with E-state index in [9.17, 15) is 13.6 Å². The van der Waals surface area contributed by atoms with E-state index in [1.807, 2.05) is 18.9 Å². The van der Waals surface area contributed by atoms with Crippen LogP contribution in [-0.2, 0) is 17.8 Å². The van der Waals surface area contributed by atoms with Crippen LogP contribution in [0, 0.1) is 11.6 Å². The van der Waals surface area contributed by atoms with Crippen molar-refractivity contribution < 1.29 is 13.6 Å². The number of nitrogens with one attached hydrogen (secondary N) is 1. The Morgan fingerprint density at radius 2 is 2.16 bits per heavy atom. The molecule has 168 valence electrons. The molecule has 1 atom stereocenters. The van der Waals surface area contributed by atoms with Gasteiger partial charge in [-0.2, -0.15) is 4.98 Å². The summed E-state index contributed by atoms with van der Waals surface area (Å²) in [5, 5.41) is 3.17. The first kappa shape index (κ1) is 21.7. The fourth-order valence-electron chi connectivity index (χ4n) is 3.81. The lowest BCUT2D eigenvalue weighted by molar-refractivity contribution is -0.119. The van der Waals surface area contributed by atoms with E-state index >= 15 is 0 Å². The molecule has 32 heavy (non-hydrogen) atoms. The molecule has 0 bridgehead atoms. The van der Waals surface area contributed by atoms with Crippen molar-refractivity contribution in [2.75, 3.05) is 35.3 Å². The SMILES string of the molecule is CC1C(=O)N2CCCc3nc(NCC(C=NCc4ccc(F)c(F)c4)=CN)nc(c32)N1C. The molecule has 8 nitrogen and oxygen atoms in total. The Kier molecular flexibility index (Phi) is 6.02. The van der Waals surface area contributed by atoms with E-state index in [1.54, 1.807) is 11.1 Å². The van der Waals surface area contributed by atoms with Gasteiger partial charge < -0.3 is 20.9 Å². The smallest absolute Gasteiger partial charge is 0.249 e. The summed E-state index contributed by atoms with van der Waals surface area (Å²) in [6, 6.07) is 3.39. The topological polar surface area (TPSA) is 99.7 Å². The minimum Gasteiger partial charge on any atom is -0.404 e. The van der Waals surface area contributed by atoms with Crippen molar-refractivity contribution in [3.05, 3.63) is 52.9 Å². The molecule has 1 aromatic carbocycles. The number of likely N-dealkylation sites (N-methyl/N-ethyl adjacent to an activating group) is 1. The molecule has 10 heteroatoms. The van der Waals surface area contributed by atoms with Gasteiger partial charge in [-0.15, -0.1) is 0 Å². The summed E-state index contributed by atoms with van der Waals surface area (Å²) in [6.45, 7) is 3.08. The lowest BCUT2D eigenvalue weighted by Gasteiger charge is -2.41. The maximum absolute atomic E-state index is 13.3. The average Bonchev–Trinajstić information content (AvgIpc) is 2.80. The Balaban J connectivity index is 1.46. The fraction of sp³-hybridized carbons (Fsp3) is 0.364.